The van der Waals surface area contributed by atoms with E-state index in [1.54, 1.807) is 11.3 Å². The van der Waals surface area contributed by atoms with Gasteiger partial charge >= 0.3 is 0 Å². The molecule has 0 aliphatic heterocycles. The smallest absolute Gasteiger partial charge is 0.113 e. The van der Waals surface area contributed by atoms with Crippen LogP contribution < -0.4 is 5.32 Å². The first kappa shape index (κ1) is 11.4. The van der Waals surface area contributed by atoms with Crippen molar-refractivity contribution in [3.63, 3.8) is 0 Å². The van der Waals surface area contributed by atoms with Gasteiger partial charge in [-0.15, -0.1) is 11.3 Å². The quantitative estimate of drug-likeness (QED) is 0.881. The van der Waals surface area contributed by atoms with Crippen LogP contribution in [-0.2, 0) is 13.1 Å². The Bertz CT molecular complexity index is 451. The Kier molecular flexibility index (Phi) is 3.41. The minimum absolute atomic E-state index is 0.878. The van der Waals surface area contributed by atoms with Gasteiger partial charge in [-0.2, -0.15) is 0 Å². The lowest BCUT2D eigenvalue weighted by Crippen LogP contribution is -2.11. The standard InChI is InChI=1S/C12H17N3S/c1-9-10(2)16-12(14-9)8-15-6-4-5-11(15)7-13-3/h4-6,13H,7-8H2,1-3H3. The second-order valence-corrected chi connectivity index (χ2v) is 5.19. The number of aryl methyl sites for hydroxylation is 2. The topological polar surface area (TPSA) is 29.9 Å². The van der Waals surface area contributed by atoms with Crippen LogP contribution in [0.2, 0.25) is 0 Å². The summed E-state index contributed by atoms with van der Waals surface area (Å²) in [6.07, 6.45) is 2.11. The van der Waals surface area contributed by atoms with Crippen molar-refractivity contribution in [3.8, 4) is 0 Å². The fourth-order valence-electron chi connectivity index (χ4n) is 1.70. The van der Waals surface area contributed by atoms with E-state index in [0.29, 0.717) is 0 Å². The second kappa shape index (κ2) is 4.80. The molecule has 2 aromatic rings. The van der Waals surface area contributed by atoms with Crippen LogP contribution in [0.4, 0.5) is 0 Å². The van der Waals surface area contributed by atoms with E-state index < -0.39 is 0 Å². The Labute approximate surface area is 100 Å². The van der Waals surface area contributed by atoms with Crippen LogP contribution in [0.25, 0.3) is 0 Å². The van der Waals surface area contributed by atoms with E-state index in [1.165, 1.54) is 15.6 Å². The number of nitrogens with one attached hydrogen (secondary N) is 1. The molecule has 0 aliphatic rings. The molecule has 0 unspecified atom stereocenters. The molecule has 0 saturated carbocycles. The molecular weight excluding hydrogens is 218 g/mol. The molecule has 4 heteroatoms. The van der Waals surface area contributed by atoms with Gasteiger partial charge in [0.2, 0.25) is 0 Å². The molecule has 2 heterocycles. The number of thiazole rings is 1. The summed E-state index contributed by atoms with van der Waals surface area (Å²) < 4.78 is 2.24. The van der Waals surface area contributed by atoms with Gasteiger partial charge in [-0.3, -0.25) is 0 Å². The van der Waals surface area contributed by atoms with Gasteiger partial charge in [0, 0.05) is 23.3 Å². The van der Waals surface area contributed by atoms with Crippen LogP contribution in [0.1, 0.15) is 21.3 Å². The molecule has 0 spiro atoms. The zero-order chi connectivity index (χ0) is 11.5. The summed E-state index contributed by atoms with van der Waals surface area (Å²) >= 11 is 1.79. The lowest BCUT2D eigenvalue weighted by Gasteiger charge is -2.06. The Morgan fingerprint density at radius 1 is 1.44 bits per heavy atom. The maximum absolute atomic E-state index is 4.56. The summed E-state index contributed by atoms with van der Waals surface area (Å²) in [5.74, 6) is 0. The summed E-state index contributed by atoms with van der Waals surface area (Å²) in [7, 11) is 1.97. The fourth-order valence-corrected chi connectivity index (χ4v) is 2.63. The van der Waals surface area contributed by atoms with Gasteiger partial charge in [-0.05, 0) is 33.0 Å². The van der Waals surface area contributed by atoms with E-state index in [-0.39, 0.29) is 0 Å². The SMILES string of the molecule is CNCc1cccn1Cc1nc(C)c(C)s1. The molecule has 2 rings (SSSR count). The molecule has 2 aromatic heterocycles. The van der Waals surface area contributed by atoms with Gasteiger partial charge in [0.1, 0.15) is 5.01 Å². The summed E-state index contributed by atoms with van der Waals surface area (Å²) in [5, 5.41) is 4.36. The molecule has 0 fully saturated rings. The Balaban J connectivity index is 2.16. The minimum atomic E-state index is 0.878. The maximum atomic E-state index is 4.56. The molecular formula is C12H17N3S. The zero-order valence-corrected chi connectivity index (χ0v) is 10.8. The van der Waals surface area contributed by atoms with Crippen LogP contribution in [0.15, 0.2) is 18.3 Å². The van der Waals surface area contributed by atoms with Gasteiger partial charge in [-0.1, -0.05) is 0 Å². The number of nitrogens with zero attached hydrogens (tertiary/aromatic N) is 2. The molecule has 16 heavy (non-hydrogen) atoms. The van der Waals surface area contributed by atoms with Gasteiger partial charge in [0.25, 0.3) is 0 Å². The van der Waals surface area contributed by atoms with Crippen LogP contribution in [-0.4, -0.2) is 16.6 Å². The van der Waals surface area contributed by atoms with Gasteiger partial charge in [-0.25, -0.2) is 4.98 Å². The Morgan fingerprint density at radius 3 is 2.88 bits per heavy atom. The van der Waals surface area contributed by atoms with Crippen molar-refractivity contribution < 1.29 is 0 Å². The van der Waals surface area contributed by atoms with Crippen LogP contribution >= 0.6 is 11.3 Å². The number of aromatic nitrogens is 2. The van der Waals surface area contributed by atoms with Gasteiger partial charge in [0.15, 0.2) is 0 Å². The number of hydrogen-bond acceptors (Lipinski definition) is 3. The lowest BCUT2D eigenvalue weighted by atomic mass is 10.4. The van der Waals surface area contributed by atoms with Crippen LogP contribution in [0.5, 0.6) is 0 Å². The summed E-state index contributed by atoms with van der Waals surface area (Å²) in [6.45, 7) is 5.97. The van der Waals surface area contributed by atoms with E-state index in [0.717, 1.165) is 18.8 Å². The van der Waals surface area contributed by atoms with Gasteiger partial charge < -0.3 is 9.88 Å². The van der Waals surface area contributed by atoms with Crippen molar-refractivity contribution in [1.29, 1.82) is 0 Å². The summed E-state index contributed by atoms with van der Waals surface area (Å²) in [4.78, 5) is 5.88. The first-order valence-electron chi connectivity index (χ1n) is 5.42. The third-order valence-corrected chi connectivity index (χ3v) is 3.72. The van der Waals surface area contributed by atoms with E-state index in [9.17, 15) is 0 Å². The lowest BCUT2D eigenvalue weighted by molar-refractivity contribution is 0.691. The third-order valence-electron chi connectivity index (χ3n) is 2.66. The van der Waals surface area contributed by atoms with Crippen molar-refractivity contribution in [3.05, 3.63) is 39.6 Å². The molecule has 86 valence electrons. The first-order valence-corrected chi connectivity index (χ1v) is 6.24. The predicted molar refractivity (Wildman–Crippen MR) is 67.9 cm³/mol. The van der Waals surface area contributed by atoms with Crippen LogP contribution in [0.3, 0.4) is 0 Å². The predicted octanol–water partition coefficient (Wildman–Crippen LogP) is 2.33. The largest absolute Gasteiger partial charge is 0.343 e. The highest BCUT2D eigenvalue weighted by Gasteiger charge is 2.06. The third kappa shape index (κ3) is 2.33. The number of hydrogen-bond donors (Lipinski definition) is 1. The normalized spacial score (nSPS) is 10.9. The summed E-state index contributed by atoms with van der Waals surface area (Å²) in [6, 6.07) is 4.23. The van der Waals surface area contributed by atoms with E-state index in [2.05, 4.69) is 47.0 Å². The van der Waals surface area contributed by atoms with Crippen molar-refractivity contribution >= 4 is 11.3 Å². The molecule has 0 aliphatic carbocycles. The van der Waals surface area contributed by atoms with Crippen molar-refractivity contribution in [2.45, 2.75) is 26.9 Å². The molecule has 0 aromatic carbocycles. The van der Waals surface area contributed by atoms with Crippen molar-refractivity contribution in [2.24, 2.45) is 0 Å². The Hall–Kier alpha value is -1.13. The van der Waals surface area contributed by atoms with Crippen molar-refractivity contribution in [2.75, 3.05) is 7.05 Å². The van der Waals surface area contributed by atoms with Gasteiger partial charge in [0.05, 0.1) is 12.2 Å². The number of rotatable bonds is 4. The molecule has 0 radical (unpaired) electrons. The molecule has 0 atom stereocenters. The highest BCUT2D eigenvalue weighted by Crippen LogP contribution is 2.18. The van der Waals surface area contributed by atoms with Crippen molar-refractivity contribution in [1.82, 2.24) is 14.9 Å². The van der Waals surface area contributed by atoms with E-state index in [4.69, 9.17) is 0 Å². The highest BCUT2D eigenvalue weighted by atomic mass is 32.1. The molecule has 0 saturated heterocycles. The molecule has 1 N–H and O–H groups in total. The fraction of sp³-hybridized carbons (Fsp3) is 0.417. The van der Waals surface area contributed by atoms with Crippen LogP contribution in [0, 0.1) is 13.8 Å². The first-order chi connectivity index (χ1) is 7.70. The Morgan fingerprint density at radius 2 is 2.25 bits per heavy atom. The van der Waals surface area contributed by atoms with E-state index in [1.807, 2.05) is 7.05 Å². The maximum Gasteiger partial charge on any atom is 0.113 e. The monoisotopic (exact) mass is 235 g/mol. The average molecular weight is 235 g/mol. The zero-order valence-electron chi connectivity index (χ0n) is 9.95. The molecule has 0 amide bonds. The molecule has 0 bridgehead atoms. The average Bonchev–Trinajstić information content (AvgIpc) is 2.77. The van der Waals surface area contributed by atoms with E-state index >= 15 is 0 Å². The summed E-state index contributed by atoms with van der Waals surface area (Å²) in [5.41, 5.74) is 2.45. The minimum Gasteiger partial charge on any atom is -0.343 e. The highest BCUT2D eigenvalue weighted by molar-refractivity contribution is 7.11. The second-order valence-electron chi connectivity index (χ2n) is 3.91. The molecule has 3 nitrogen and oxygen atoms in total.